The molecular formula is C17H23F2N3O2S. The highest BCUT2D eigenvalue weighted by atomic mass is 32.2. The summed E-state index contributed by atoms with van der Waals surface area (Å²) in [6.07, 6.45) is 3.39. The third-order valence-corrected chi connectivity index (χ3v) is 5.09. The van der Waals surface area contributed by atoms with Gasteiger partial charge < -0.3 is 5.11 Å². The first kappa shape index (κ1) is 19.8. The Labute approximate surface area is 149 Å². The van der Waals surface area contributed by atoms with Crippen LogP contribution < -0.4 is 5.56 Å². The van der Waals surface area contributed by atoms with E-state index in [1.54, 1.807) is 10.8 Å². The molecular weight excluding hydrogens is 348 g/mol. The molecule has 138 valence electrons. The van der Waals surface area contributed by atoms with E-state index in [1.807, 2.05) is 6.26 Å². The second kappa shape index (κ2) is 8.71. The van der Waals surface area contributed by atoms with Crippen molar-refractivity contribution in [2.45, 2.75) is 50.2 Å². The van der Waals surface area contributed by atoms with Gasteiger partial charge in [-0.2, -0.15) is 0 Å². The number of thioether (sulfide) groups is 1. The molecule has 0 aromatic carbocycles. The molecule has 1 saturated carbocycles. The number of hydrogen-bond donors (Lipinski definition) is 1. The normalized spacial score (nSPS) is 20.0. The average molecular weight is 371 g/mol. The van der Waals surface area contributed by atoms with E-state index in [9.17, 15) is 13.6 Å². The van der Waals surface area contributed by atoms with Crippen molar-refractivity contribution in [3.63, 3.8) is 0 Å². The number of aliphatic hydroxyl groups excluding tert-OH is 1. The van der Waals surface area contributed by atoms with Gasteiger partial charge in [0.05, 0.1) is 0 Å². The maximum atomic E-state index is 12.8. The SMILES string of the molecule is CO.CSc1ncc2cc(CC(F)F)c(=O)n(C3CCCC3C)c2n1. The summed E-state index contributed by atoms with van der Waals surface area (Å²) in [4.78, 5) is 21.5. The molecule has 0 amide bonds. The molecule has 0 saturated heterocycles. The smallest absolute Gasteiger partial charge is 0.255 e. The summed E-state index contributed by atoms with van der Waals surface area (Å²) >= 11 is 1.40. The number of hydrogen-bond acceptors (Lipinski definition) is 5. The first-order valence-electron chi connectivity index (χ1n) is 8.19. The molecule has 0 radical (unpaired) electrons. The van der Waals surface area contributed by atoms with Gasteiger partial charge in [0.1, 0.15) is 5.65 Å². The van der Waals surface area contributed by atoms with Crippen LogP contribution in [0.4, 0.5) is 8.78 Å². The Morgan fingerprint density at radius 1 is 1.40 bits per heavy atom. The van der Waals surface area contributed by atoms with Gasteiger partial charge in [-0.15, -0.1) is 0 Å². The molecule has 1 fully saturated rings. The molecule has 3 rings (SSSR count). The number of halogens is 2. The fraction of sp³-hybridized carbons (Fsp3) is 0.588. The lowest BCUT2D eigenvalue weighted by Gasteiger charge is -2.21. The molecule has 2 aromatic rings. The summed E-state index contributed by atoms with van der Waals surface area (Å²) in [5.74, 6) is 0.338. The van der Waals surface area contributed by atoms with Gasteiger partial charge in [-0.05, 0) is 31.1 Å². The molecule has 1 aliphatic rings. The predicted molar refractivity (Wildman–Crippen MR) is 95.5 cm³/mol. The second-order valence-corrected chi connectivity index (χ2v) is 6.82. The van der Waals surface area contributed by atoms with E-state index < -0.39 is 12.8 Å². The van der Waals surface area contributed by atoms with Crippen LogP contribution in [0.5, 0.6) is 0 Å². The fourth-order valence-electron chi connectivity index (χ4n) is 3.39. The number of fused-ring (bicyclic) bond motifs is 1. The third kappa shape index (κ3) is 4.17. The zero-order valence-electron chi connectivity index (χ0n) is 14.6. The molecule has 2 unspecified atom stereocenters. The van der Waals surface area contributed by atoms with Crippen LogP contribution in [0.2, 0.25) is 0 Å². The minimum absolute atomic E-state index is 0.0206. The summed E-state index contributed by atoms with van der Waals surface area (Å²) in [6.45, 7) is 2.10. The van der Waals surface area contributed by atoms with Gasteiger partial charge in [-0.1, -0.05) is 25.1 Å². The third-order valence-electron chi connectivity index (χ3n) is 4.53. The maximum Gasteiger partial charge on any atom is 0.255 e. The highest BCUT2D eigenvalue weighted by molar-refractivity contribution is 7.98. The largest absolute Gasteiger partial charge is 0.400 e. The summed E-state index contributed by atoms with van der Waals surface area (Å²) in [5, 5.41) is 8.23. The van der Waals surface area contributed by atoms with Gasteiger partial charge in [0.25, 0.3) is 5.56 Å². The van der Waals surface area contributed by atoms with Gasteiger partial charge in [0.2, 0.25) is 6.43 Å². The van der Waals surface area contributed by atoms with E-state index in [2.05, 4.69) is 16.9 Å². The zero-order valence-corrected chi connectivity index (χ0v) is 15.4. The van der Waals surface area contributed by atoms with Crippen LogP contribution in [-0.4, -0.2) is 39.4 Å². The van der Waals surface area contributed by atoms with E-state index in [0.29, 0.717) is 22.1 Å². The number of rotatable bonds is 4. The molecule has 1 aliphatic carbocycles. The van der Waals surface area contributed by atoms with Crippen molar-refractivity contribution in [2.75, 3.05) is 13.4 Å². The van der Waals surface area contributed by atoms with Gasteiger partial charge in [-0.3, -0.25) is 9.36 Å². The standard InChI is InChI=1S/C16H19F2N3OS.CH4O/c1-9-4-3-5-12(9)21-14-11(8-19-16(20-14)23-2)6-10(15(21)22)7-13(17)18;1-2/h6,8-9,12-13H,3-5,7H2,1-2H3;2H,1H3. The molecule has 0 aliphatic heterocycles. The highest BCUT2D eigenvalue weighted by Crippen LogP contribution is 2.36. The van der Waals surface area contributed by atoms with Gasteiger partial charge in [0.15, 0.2) is 5.16 Å². The van der Waals surface area contributed by atoms with Gasteiger partial charge >= 0.3 is 0 Å². The van der Waals surface area contributed by atoms with Crippen LogP contribution in [-0.2, 0) is 6.42 Å². The highest BCUT2D eigenvalue weighted by Gasteiger charge is 2.28. The molecule has 2 heterocycles. The first-order chi connectivity index (χ1) is 12.0. The van der Waals surface area contributed by atoms with Crippen LogP contribution in [0, 0.1) is 5.92 Å². The lowest BCUT2D eigenvalue weighted by atomic mass is 10.0. The Balaban J connectivity index is 0.00000109. The Morgan fingerprint density at radius 2 is 2.12 bits per heavy atom. The van der Waals surface area contributed by atoms with E-state index in [-0.39, 0.29) is 17.2 Å². The molecule has 2 atom stereocenters. The van der Waals surface area contributed by atoms with Crippen LogP contribution in [0.15, 0.2) is 22.2 Å². The van der Waals surface area contributed by atoms with E-state index in [1.165, 1.54) is 17.8 Å². The topological polar surface area (TPSA) is 68.0 Å². The number of pyridine rings is 1. The average Bonchev–Trinajstić information content (AvgIpc) is 3.02. The maximum absolute atomic E-state index is 12.8. The van der Waals surface area contributed by atoms with Crippen LogP contribution >= 0.6 is 11.8 Å². The van der Waals surface area contributed by atoms with Gasteiger partial charge in [-0.25, -0.2) is 18.7 Å². The van der Waals surface area contributed by atoms with Crippen molar-refractivity contribution in [1.29, 1.82) is 0 Å². The molecule has 8 heteroatoms. The Bertz CT molecular complexity index is 782. The molecule has 25 heavy (non-hydrogen) atoms. The summed E-state index contributed by atoms with van der Waals surface area (Å²) in [7, 11) is 1.00. The molecule has 0 spiro atoms. The minimum Gasteiger partial charge on any atom is -0.400 e. The lowest BCUT2D eigenvalue weighted by Crippen LogP contribution is -2.30. The quantitative estimate of drug-likeness (QED) is 0.660. The summed E-state index contributed by atoms with van der Waals surface area (Å²) in [5.41, 5.74) is 0.375. The van der Waals surface area contributed by atoms with E-state index in [0.717, 1.165) is 26.4 Å². The Morgan fingerprint density at radius 3 is 2.68 bits per heavy atom. The van der Waals surface area contributed by atoms with E-state index in [4.69, 9.17) is 5.11 Å². The molecule has 5 nitrogen and oxygen atoms in total. The first-order valence-corrected chi connectivity index (χ1v) is 9.41. The van der Waals surface area contributed by atoms with Crippen LogP contribution in [0.3, 0.4) is 0 Å². The van der Waals surface area contributed by atoms with Crippen molar-refractivity contribution >= 4 is 22.8 Å². The Kier molecular flexibility index (Phi) is 6.89. The van der Waals surface area contributed by atoms with Crippen molar-refractivity contribution in [3.05, 3.63) is 28.2 Å². The predicted octanol–water partition coefficient (Wildman–Crippen LogP) is 3.29. The monoisotopic (exact) mass is 371 g/mol. The lowest BCUT2D eigenvalue weighted by molar-refractivity contribution is 0.148. The Hall–Kier alpha value is -1.54. The number of aliphatic hydroxyl groups is 1. The number of alkyl halides is 2. The van der Waals surface area contributed by atoms with Crippen LogP contribution in [0.1, 0.15) is 37.8 Å². The minimum atomic E-state index is -2.54. The van der Waals surface area contributed by atoms with Crippen molar-refractivity contribution in [2.24, 2.45) is 5.92 Å². The number of aromatic nitrogens is 3. The summed E-state index contributed by atoms with van der Waals surface area (Å²) in [6, 6.07) is 1.54. The van der Waals surface area contributed by atoms with Crippen molar-refractivity contribution in [3.8, 4) is 0 Å². The zero-order chi connectivity index (χ0) is 18.6. The fourth-order valence-corrected chi connectivity index (χ4v) is 3.73. The van der Waals surface area contributed by atoms with Crippen molar-refractivity contribution < 1.29 is 13.9 Å². The van der Waals surface area contributed by atoms with Gasteiger partial charge in [0, 0.05) is 36.7 Å². The second-order valence-electron chi connectivity index (χ2n) is 6.05. The molecule has 1 N–H and O–H groups in total. The van der Waals surface area contributed by atoms with E-state index >= 15 is 0 Å². The molecule has 2 aromatic heterocycles. The summed E-state index contributed by atoms with van der Waals surface area (Å²) < 4.78 is 27.3. The number of nitrogens with zero attached hydrogens (tertiary/aromatic N) is 3. The molecule has 0 bridgehead atoms. The van der Waals surface area contributed by atoms with Crippen molar-refractivity contribution in [1.82, 2.24) is 14.5 Å². The van der Waals surface area contributed by atoms with Crippen LogP contribution in [0.25, 0.3) is 11.0 Å².